The van der Waals surface area contributed by atoms with Gasteiger partial charge in [-0.1, -0.05) is 44.2 Å². The summed E-state index contributed by atoms with van der Waals surface area (Å²) < 4.78 is 5.16. The lowest BCUT2D eigenvalue weighted by molar-refractivity contribution is -0.137. The molecule has 0 saturated carbocycles. The van der Waals surface area contributed by atoms with Crippen LogP contribution in [0.3, 0.4) is 0 Å². The van der Waals surface area contributed by atoms with Crippen molar-refractivity contribution in [3.63, 3.8) is 0 Å². The number of carbonyl (C=O) groups is 2. The van der Waals surface area contributed by atoms with Gasteiger partial charge in [0.1, 0.15) is 5.69 Å². The number of esters is 1. The second-order valence-corrected chi connectivity index (χ2v) is 6.85. The first-order valence-electron chi connectivity index (χ1n) is 8.58. The number of hydrogen-bond acceptors (Lipinski definition) is 4. The van der Waals surface area contributed by atoms with E-state index in [9.17, 15) is 9.59 Å². The van der Waals surface area contributed by atoms with Gasteiger partial charge in [-0.15, -0.1) is 0 Å². The number of likely N-dealkylation sites (tertiary alicyclic amines) is 1. The molecule has 1 amide bonds. The molecule has 1 aromatic heterocycles. The topological polar surface area (TPSA) is 75.3 Å². The molecule has 0 unspecified atom stereocenters. The smallest absolute Gasteiger partial charge is 0.356 e. The fourth-order valence-electron chi connectivity index (χ4n) is 3.35. The van der Waals surface area contributed by atoms with Crippen molar-refractivity contribution >= 4 is 11.9 Å². The Morgan fingerprint density at radius 3 is 2.56 bits per heavy atom. The fourth-order valence-corrected chi connectivity index (χ4v) is 3.35. The number of carbonyl (C=O) groups excluding carboxylic acids is 2. The van der Waals surface area contributed by atoms with Crippen LogP contribution in [0.4, 0.5) is 0 Å². The number of nitrogens with one attached hydrogen (secondary N) is 1. The molecule has 0 radical (unpaired) electrons. The summed E-state index contributed by atoms with van der Waals surface area (Å²) >= 11 is 0. The molecule has 2 heterocycles. The first-order valence-corrected chi connectivity index (χ1v) is 8.58. The van der Waals surface area contributed by atoms with Crippen molar-refractivity contribution in [2.75, 3.05) is 19.7 Å². The second kappa shape index (κ2) is 7.51. The Morgan fingerprint density at radius 2 is 1.88 bits per heavy atom. The second-order valence-electron chi connectivity index (χ2n) is 6.85. The van der Waals surface area contributed by atoms with Crippen molar-refractivity contribution in [1.82, 2.24) is 15.1 Å². The number of ether oxygens (including phenoxy) is 1. The molecule has 0 bridgehead atoms. The maximum absolute atomic E-state index is 12.3. The average Bonchev–Trinajstić information content (AvgIpc) is 3.09. The standard InChI is InChI=1S/C19H23N3O3/c1-13-8-14(2)11-22(10-13)18(23)12-25-19(24)17-9-16(20-21-17)15-6-4-3-5-7-15/h3-7,9,13-14H,8,10-12H2,1-2H3,(H,20,21)/t13-,14+. The lowest BCUT2D eigenvalue weighted by atomic mass is 9.92. The molecule has 6 nitrogen and oxygen atoms in total. The number of rotatable bonds is 4. The summed E-state index contributed by atoms with van der Waals surface area (Å²) in [6.45, 7) is 5.49. The first-order chi connectivity index (χ1) is 12.0. The molecule has 25 heavy (non-hydrogen) atoms. The van der Waals surface area contributed by atoms with Crippen molar-refractivity contribution < 1.29 is 14.3 Å². The van der Waals surface area contributed by atoms with Gasteiger partial charge in [0.15, 0.2) is 6.61 Å². The third-order valence-electron chi connectivity index (χ3n) is 4.42. The summed E-state index contributed by atoms with van der Waals surface area (Å²) in [4.78, 5) is 26.2. The normalized spacial score (nSPS) is 20.3. The van der Waals surface area contributed by atoms with Gasteiger partial charge in [0.25, 0.3) is 5.91 Å². The number of nitrogens with zero attached hydrogens (tertiary/aromatic N) is 2. The molecule has 2 aromatic rings. The number of hydrogen-bond donors (Lipinski definition) is 1. The quantitative estimate of drug-likeness (QED) is 0.868. The minimum Gasteiger partial charge on any atom is -0.451 e. The van der Waals surface area contributed by atoms with Gasteiger partial charge in [0.2, 0.25) is 0 Å². The highest BCUT2D eigenvalue weighted by molar-refractivity contribution is 5.90. The van der Waals surface area contributed by atoms with Crippen LogP contribution >= 0.6 is 0 Å². The monoisotopic (exact) mass is 341 g/mol. The van der Waals surface area contributed by atoms with Crippen LogP contribution in [-0.2, 0) is 9.53 Å². The van der Waals surface area contributed by atoms with E-state index in [-0.39, 0.29) is 18.2 Å². The Kier molecular flexibility index (Phi) is 5.16. The number of benzene rings is 1. The largest absolute Gasteiger partial charge is 0.451 e. The lowest BCUT2D eigenvalue weighted by Gasteiger charge is -2.34. The van der Waals surface area contributed by atoms with Gasteiger partial charge in [0, 0.05) is 18.7 Å². The molecule has 1 N–H and O–H groups in total. The van der Waals surface area contributed by atoms with E-state index >= 15 is 0 Å². The van der Waals surface area contributed by atoms with E-state index < -0.39 is 5.97 Å². The van der Waals surface area contributed by atoms with Crippen molar-refractivity contribution in [2.24, 2.45) is 11.8 Å². The molecular formula is C19H23N3O3. The van der Waals surface area contributed by atoms with Crippen LogP contribution in [0.2, 0.25) is 0 Å². The first kappa shape index (κ1) is 17.2. The third-order valence-corrected chi connectivity index (χ3v) is 4.42. The van der Waals surface area contributed by atoms with Crippen LogP contribution in [-0.4, -0.2) is 46.7 Å². The van der Waals surface area contributed by atoms with Gasteiger partial charge in [-0.2, -0.15) is 5.10 Å². The minimum atomic E-state index is -0.568. The molecule has 0 spiro atoms. The number of amides is 1. The van der Waals surface area contributed by atoms with Crippen LogP contribution < -0.4 is 0 Å². The highest BCUT2D eigenvalue weighted by atomic mass is 16.5. The minimum absolute atomic E-state index is 0.144. The van der Waals surface area contributed by atoms with Crippen molar-refractivity contribution in [2.45, 2.75) is 20.3 Å². The Morgan fingerprint density at radius 1 is 1.20 bits per heavy atom. The summed E-state index contributed by atoms with van der Waals surface area (Å²) in [5, 5.41) is 6.80. The van der Waals surface area contributed by atoms with E-state index in [2.05, 4.69) is 24.0 Å². The number of aromatic nitrogens is 2. The van der Waals surface area contributed by atoms with E-state index in [4.69, 9.17) is 4.74 Å². The molecule has 0 aliphatic carbocycles. The van der Waals surface area contributed by atoms with Gasteiger partial charge in [-0.05, 0) is 24.3 Å². The highest BCUT2D eigenvalue weighted by Crippen LogP contribution is 2.21. The van der Waals surface area contributed by atoms with Crippen LogP contribution in [0.5, 0.6) is 0 Å². The predicted octanol–water partition coefficient (Wildman–Crippen LogP) is 2.74. The van der Waals surface area contributed by atoms with E-state index in [1.54, 1.807) is 11.0 Å². The number of aromatic amines is 1. The molecule has 3 rings (SSSR count). The van der Waals surface area contributed by atoms with E-state index in [1.807, 2.05) is 30.3 Å². The molecular weight excluding hydrogens is 318 g/mol. The maximum atomic E-state index is 12.3. The highest BCUT2D eigenvalue weighted by Gasteiger charge is 2.26. The molecule has 1 saturated heterocycles. The van der Waals surface area contributed by atoms with Gasteiger partial charge in [-0.25, -0.2) is 4.79 Å². The van der Waals surface area contributed by atoms with Gasteiger partial charge in [0.05, 0.1) is 5.69 Å². The fraction of sp³-hybridized carbons (Fsp3) is 0.421. The zero-order valence-electron chi connectivity index (χ0n) is 14.6. The van der Waals surface area contributed by atoms with Crippen LogP contribution in [0, 0.1) is 11.8 Å². The molecule has 132 valence electrons. The van der Waals surface area contributed by atoms with Crippen LogP contribution in [0.25, 0.3) is 11.3 Å². The summed E-state index contributed by atoms with van der Waals surface area (Å²) in [6.07, 6.45) is 1.12. The molecule has 1 aromatic carbocycles. The van der Waals surface area contributed by atoms with Gasteiger partial charge >= 0.3 is 5.97 Å². The maximum Gasteiger partial charge on any atom is 0.356 e. The number of H-pyrrole nitrogens is 1. The molecule has 1 aliphatic rings. The number of piperidine rings is 1. The van der Waals surface area contributed by atoms with E-state index in [0.29, 0.717) is 17.5 Å². The summed E-state index contributed by atoms with van der Waals surface area (Å²) in [5.41, 5.74) is 1.81. The zero-order valence-corrected chi connectivity index (χ0v) is 14.6. The Labute approximate surface area is 147 Å². The Bertz CT molecular complexity index is 731. The SMILES string of the molecule is C[C@@H]1C[C@H](C)CN(C(=O)COC(=O)c2cc(-c3ccccc3)n[nH]2)C1. The van der Waals surface area contributed by atoms with Crippen molar-refractivity contribution in [1.29, 1.82) is 0 Å². The molecule has 2 atom stereocenters. The Hall–Kier alpha value is -2.63. The van der Waals surface area contributed by atoms with Gasteiger partial charge < -0.3 is 9.64 Å². The predicted molar refractivity (Wildman–Crippen MR) is 93.8 cm³/mol. The van der Waals surface area contributed by atoms with Crippen LogP contribution in [0.15, 0.2) is 36.4 Å². The average molecular weight is 341 g/mol. The van der Waals surface area contributed by atoms with E-state index in [1.165, 1.54) is 0 Å². The summed E-state index contributed by atoms with van der Waals surface area (Å²) in [5.74, 6) is 0.240. The molecule has 1 fully saturated rings. The van der Waals surface area contributed by atoms with E-state index in [0.717, 1.165) is 25.1 Å². The van der Waals surface area contributed by atoms with Crippen LogP contribution in [0.1, 0.15) is 30.8 Å². The van der Waals surface area contributed by atoms with Gasteiger partial charge in [-0.3, -0.25) is 9.89 Å². The third kappa shape index (κ3) is 4.26. The lowest BCUT2D eigenvalue weighted by Crippen LogP contribution is -2.44. The molecule has 6 heteroatoms. The van der Waals surface area contributed by atoms with Crippen molar-refractivity contribution in [3.05, 3.63) is 42.1 Å². The summed E-state index contributed by atoms with van der Waals surface area (Å²) in [6, 6.07) is 11.2. The summed E-state index contributed by atoms with van der Waals surface area (Å²) in [7, 11) is 0. The molecule has 1 aliphatic heterocycles. The Balaban J connectivity index is 1.56. The van der Waals surface area contributed by atoms with Crippen molar-refractivity contribution in [3.8, 4) is 11.3 Å². The zero-order chi connectivity index (χ0) is 17.8.